The molecule has 2 rings (SSSR count). The van der Waals surface area contributed by atoms with E-state index < -0.39 is 27.9 Å². The maximum Gasteiger partial charge on any atom is 0.407 e. The van der Waals surface area contributed by atoms with Crippen molar-refractivity contribution >= 4 is 16.2 Å². The largest absolute Gasteiger partial charge is 0.444 e. The summed E-state index contributed by atoms with van der Waals surface area (Å²) in [6.07, 6.45) is -0.0159. The second kappa shape index (κ2) is 6.49. The summed E-state index contributed by atoms with van der Waals surface area (Å²) in [6, 6.07) is 6.39. The van der Waals surface area contributed by atoms with Gasteiger partial charge < -0.3 is 10.1 Å². The molecule has 0 saturated heterocycles. The Kier molecular flexibility index (Phi) is 5.01. The van der Waals surface area contributed by atoms with Gasteiger partial charge in [-0.05, 0) is 52.7 Å². The number of rotatable bonds is 4. The molecule has 0 atom stereocenters. The Balaban J connectivity index is 1.81. The van der Waals surface area contributed by atoms with E-state index in [4.69, 9.17) is 8.92 Å². The van der Waals surface area contributed by atoms with E-state index in [0.29, 0.717) is 12.8 Å². The second-order valence-corrected chi connectivity index (χ2v) is 8.37. The number of hydrogen-bond donors (Lipinski definition) is 1. The quantitative estimate of drug-likeness (QED) is 0.852. The SMILES string of the molecule is Cc1ccc(S(=O)(=O)O[C@H]2C[C@H](NC(=O)OC(C)(C)C)C2)cc1. The fraction of sp³-hybridized carbons (Fsp3) is 0.562. The minimum atomic E-state index is -3.76. The molecule has 6 nitrogen and oxygen atoms in total. The number of aryl methyl sites for hydroxylation is 1. The molecule has 1 amide bonds. The summed E-state index contributed by atoms with van der Waals surface area (Å²) in [5.41, 5.74) is 0.424. The lowest BCUT2D eigenvalue weighted by atomic mass is 9.90. The number of nitrogens with one attached hydrogen (secondary N) is 1. The number of alkyl carbamates (subject to hydrolysis) is 1. The predicted octanol–water partition coefficient (Wildman–Crippen LogP) is 2.76. The van der Waals surface area contributed by atoms with Crippen molar-refractivity contribution in [1.82, 2.24) is 5.32 Å². The first-order chi connectivity index (χ1) is 10.5. The molecule has 23 heavy (non-hydrogen) atoms. The molecule has 1 N–H and O–H groups in total. The van der Waals surface area contributed by atoms with Crippen molar-refractivity contribution in [2.75, 3.05) is 0 Å². The maximum atomic E-state index is 12.1. The molecule has 1 aliphatic carbocycles. The molecule has 1 aromatic carbocycles. The number of amides is 1. The zero-order chi connectivity index (χ0) is 17.3. The van der Waals surface area contributed by atoms with Crippen LogP contribution in [-0.4, -0.2) is 32.3 Å². The predicted molar refractivity (Wildman–Crippen MR) is 85.6 cm³/mol. The van der Waals surface area contributed by atoms with Gasteiger partial charge in [-0.1, -0.05) is 17.7 Å². The van der Waals surface area contributed by atoms with E-state index in [1.165, 1.54) is 12.1 Å². The van der Waals surface area contributed by atoms with Crippen LogP contribution in [0.2, 0.25) is 0 Å². The average molecular weight is 341 g/mol. The third kappa shape index (κ3) is 5.21. The Morgan fingerprint density at radius 2 is 1.74 bits per heavy atom. The number of carbonyl (C=O) groups excluding carboxylic acids is 1. The molecule has 0 bridgehead atoms. The van der Waals surface area contributed by atoms with Crippen LogP contribution in [0.3, 0.4) is 0 Å². The summed E-state index contributed by atoms with van der Waals surface area (Å²) >= 11 is 0. The van der Waals surface area contributed by atoms with E-state index in [9.17, 15) is 13.2 Å². The van der Waals surface area contributed by atoms with Crippen molar-refractivity contribution < 1.29 is 22.1 Å². The van der Waals surface area contributed by atoms with Crippen LogP contribution >= 0.6 is 0 Å². The molecular weight excluding hydrogens is 318 g/mol. The second-order valence-electron chi connectivity index (χ2n) is 6.80. The maximum absolute atomic E-state index is 12.1. The van der Waals surface area contributed by atoms with Gasteiger partial charge in [0.25, 0.3) is 10.1 Å². The molecule has 0 aliphatic heterocycles. The van der Waals surface area contributed by atoms with Gasteiger partial charge in [0, 0.05) is 6.04 Å². The van der Waals surface area contributed by atoms with Gasteiger partial charge in [-0.15, -0.1) is 0 Å². The third-order valence-corrected chi connectivity index (χ3v) is 4.76. The fourth-order valence-corrected chi connectivity index (χ4v) is 3.27. The fourth-order valence-electron chi connectivity index (χ4n) is 2.18. The normalized spacial score (nSPS) is 21.4. The first-order valence-electron chi connectivity index (χ1n) is 7.55. The topological polar surface area (TPSA) is 81.7 Å². The zero-order valence-corrected chi connectivity index (χ0v) is 14.6. The van der Waals surface area contributed by atoms with Crippen molar-refractivity contribution in [3.63, 3.8) is 0 Å². The van der Waals surface area contributed by atoms with Crippen molar-refractivity contribution in [2.24, 2.45) is 0 Å². The molecule has 1 saturated carbocycles. The molecule has 1 aromatic rings. The Morgan fingerprint density at radius 1 is 1.17 bits per heavy atom. The van der Waals surface area contributed by atoms with Crippen LogP contribution in [0.5, 0.6) is 0 Å². The van der Waals surface area contributed by atoms with E-state index in [0.717, 1.165) is 5.56 Å². The zero-order valence-electron chi connectivity index (χ0n) is 13.8. The van der Waals surface area contributed by atoms with Crippen LogP contribution in [-0.2, 0) is 19.0 Å². The summed E-state index contributed by atoms with van der Waals surface area (Å²) < 4.78 is 34.6. The van der Waals surface area contributed by atoms with Crippen LogP contribution in [0.15, 0.2) is 29.2 Å². The van der Waals surface area contributed by atoms with Gasteiger partial charge in [0.05, 0.1) is 11.0 Å². The molecule has 0 heterocycles. The summed E-state index contributed by atoms with van der Waals surface area (Å²) in [5.74, 6) is 0. The van der Waals surface area contributed by atoms with Crippen LogP contribution in [0.1, 0.15) is 39.2 Å². The van der Waals surface area contributed by atoms with Crippen LogP contribution in [0.4, 0.5) is 4.79 Å². The monoisotopic (exact) mass is 341 g/mol. The summed E-state index contributed by atoms with van der Waals surface area (Å²) in [7, 11) is -3.76. The summed E-state index contributed by atoms with van der Waals surface area (Å²) in [4.78, 5) is 11.8. The highest BCUT2D eigenvalue weighted by Crippen LogP contribution is 2.27. The van der Waals surface area contributed by atoms with Gasteiger partial charge in [-0.2, -0.15) is 8.42 Å². The standard InChI is InChI=1S/C16H23NO5S/c1-11-5-7-14(8-6-11)23(19,20)22-13-9-12(10-13)17-15(18)21-16(2,3)4/h5-8,12-13H,9-10H2,1-4H3,(H,17,18)/t12-,13-. The highest BCUT2D eigenvalue weighted by molar-refractivity contribution is 7.86. The number of ether oxygens (including phenoxy) is 1. The minimum absolute atomic E-state index is 0.122. The molecule has 7 heteroatoms. The highest BCUT2D eigenvalue weighted by Gasteiger charge is 2.36. The van der Waals surface area contributed by atoms with Gasteiger partial charge >= 0.3 is 6.09 Å². The van der Waals surface area contributed by atoms with Crippen molar-refractivity contribution in [3.8, 4) is 0 Å². The number of carbonyl (C=O) groups is 1. The third-order valence-electron chi connectivity index (χ3n) is 3.39. The van der Waals surface area contributed by atoms with E-state index in [1.54, 1.807) is 32.9 Å². The molecule has 1 fully saturated rings. The number of benzene rings is 1. The highest BCUT2D eigenvalue weighted by atomic mass is 32.2. The summed E-state index contributed by atoms with van der Waals surface area (Å²) in [6.45, 7) is 7.24. The average Bonchev–Trinajstić information content (AvgIpc) is 2.34. The minimum Gasteiger partial charge on any atom is -0.444 e. The van der Waals surface area contributed by atoms with E-state index in [-0.39, 0.29) is 10.9 Å². The molecule has 0 radical (unpaired) electrons. The molecular formula is C16H23NO5S. The first-order valence-corrected chi connectivity index (χ1v) is 8.95. The van der Waals surface area contributed by atoms with Crippen molar-refractivity contribution in [3.05, 3.63) is 29.8 Å². The Morgan fingerprint density at radius 3 is 2.26 bits per heavy atom. The van der Waals surface area contributed by atoms with Gasteiger partial charge in [0.15, 0.2) is 0 Å². The Hall–Kier alpha value is -1.60. The van der Waals surface area contributed by atoms with Gasteiger partial charge in [0.1, 0.15) is 5.60 Å². The molecule has 0 unspecified atom stereocenters. The molecule has 0 spiro atoms. The Bertz CT molecular complexity index is 655. The summed E-state index contributed by atoms with van der Waals surface area (Å²) in [5, 5.41) is 2.70. The molecule has 0 aromatic heterocycles. The van der Waals surface area contributed by atoms with Crippen LogP contribution < -0.4 is 5.32 Å². The van der Waals surface area contributed by atoms with Gasteiger partial charge in [0.2, 0.25) is 0 Å². The lowest BCUT2D eigenvalue weighted by molar-refractivity contribution is 0.0376. The number of hydrogen-bond acceptors (Lipinski definition) is 5. The van der Waals surface area contributed by atoms with E-state index in [2.05, 4.69) is 5.32 Å². The van der Waals surface area contributed by atoms with Crippen molar-refractivity contribution in [1.29, 1.82) is 0 Å². The van der Waals surface area contributed by atoms with Gasteiger partial charge in [-0.3, -0.25) is 4.18 Å². The smallest absolute Gasteiger partial charge is 0.407 e. The van der Waals surface area contributed by atoms with E-state index in [1.807, 2.05) is 6.92 Å². The lowest BCUT2D eigenvalue weighted by Gasteiger charge is -2.35. The van der Waals surface area contributed by atoms with Crippen LogP contribution in [0, 0.1) is 6.92 Å². The van der Waals surface area contributed by atoms with Crippen LogP contribution in [0.25, 0.3) is 0 Å². The van der Waals surface area contributed by atoms with E-state index >= 15 is 0 Å². The van der Waals surface area contributed by atoms with Gasteiger partial charge in [-0.25, -0.2) is 4.79 Å². The first kappa shape index (κ1) is 17.7. The molecule has 1 aliphatic rings. The van der Waals surface area contributed by atoms with Crippen molar-refractivity contribution in [2.45, 2.75) is 63.2 Å². The Labute approximate surface area is 137 Å². The molecule has 128 valence electrons. The lowest BCUT2D eigenvalue weighted by Crippen LogP contribution is -2.49.